The molecule has 3 saturated heterocycles. The molecule has 3 aliphatic rings. The molecule has 0 aromatic carbocycles. The molecule has 1 aromatic rings. The molecule has 3 fully saturated rings. The minimum absolute atomic E-state index is 0.0253. The maximum absolute atomic E-state index is 12.2. The van der Waals surface area contributed by atoms with Crippen molar-refractivity contribution >= 4 is 5.91 Å². The van der Waals surface area contributed by atoms with Crippen LogP contribution in [0.3, 0.4) is 0 Å². The third kappa shape index (κ3) is 3.21. The Hall–Kier alpha value is -1.66. The summed E-state index contributed by atoms with van der Waals surface area (Å²) < 4.78 is 11.2. The highest BCUT2D eigenvalue weighted by atomic mass is 16.5. The van der Waals surface area contributed by atoms with Crippen molar-refractivity contribution in [1.82, 2.24) is 15.4 Å². The van der Waals surface area contributed by atoms with Crippen LogP contribution in [-0.4, -0.2) is 53.8 Å². The van der Waals surface area contributed by atoms with Crippen molar-refractivity contribution in [2.75, 3.05) is 26.2 Å². The molecule has 0 radical (unpaired) electrons. The maximum atomic E-state index is 12.2. The summed E-state index contributed by atoms with van der Waals surface area (Å²) in [5, 5.41) is 6.74. The highest BCUT2D eigenvalue weighted by Crippen LogP contribution is 2.54. The Morgan fingerprint density at radius 1 is 1.54 bits per heavy atom. The third-order valence-electron chi connectivity index (χ3n) is 6.52. The minimum atomic E-state index is -0.161. The number of fused-ring (bicyclic) bond motifs is 1. The Labute approximate surface area is 154 Å². The fourth-order valence-corrected chi connectivity index (χ4v) is 5.00. The second-order valence-corrected chi connectivity index (χ2v) is 8.05. The molecule has 142 valence electrons. The van der Waals surface area contributed by atoms with Crippen LogP contribution in [0.1, 0.15) is 50.0 Å². The Morgan fingerprint density at radius 2 is 2.42 bits per heavy atom. The van der Waals surface area contributed by atoms with Crippen molar-refractivity contribution in [3.63, 3.8) is 0 Å². The molecule has 2 bridgehead atoms. The number of carbonyl (C=O) groups excluding carboxylic acids is 1. The molecular formula is C20H29N3O3. The molecule has 1 aromatic heterocycles. The highest BCUT2D eigenvalue weighted by Gasteiger charge is 2.62. The van der Waals surface area contributed by atoms with Crippen molar-refractivity contribution in [2.24, 2.45) is 11.8 Å². The molecule has 0 saturated carbocycles. The van der Waals surface area contributed by atoms with Crippen molar-refractivity contribution in [3.05, 3.63) is 29.7 Å². The van der Waals surface area contributed by atoms with Crippen LogP contribution in [0.15, 0.2) is 28.5 Å². The van der Waals surface area contributed by atoms with Gasteiger partial charge >= 0.3 is 0 Å². The van der Waals surface area contributed by atoms with Gasteiger partial charge in [-0.05, 0) is 32.6 Å². The normalized spacial score (nSPS) is 33.6. The lowest BCUT2D eigenvalue weighted by Crippen LogP contribution is -2.42. The number of nitrogens with one attached hydrogen (secondary N) is 1. The van der Waals surface area contributed by atoms with E-state index < -0.39 is 0 Å². The van der Waals surface area contributed by atoms with E-state index in [1.54, 1.807) is 6.07 Å². The van der Waals surface area contributed by atoms with Crippen LogP contribution in [0.4, 0.5) is 0 Å². The van der Waals surface area contributed by atoms with Gasteiger partial charge in [0.25, 0.3) is 5.91 Å². The molecule has 6 heteroatoms. The van der Waals surface area contributed by atoms with Gasteiger partial charge in [-0.3, -0.25) is 9.69 Å². The standard InChI is InChI=1S/C20H29N3O3/c1-3-14(2)5-4-9-23-12-16-15(18-6-8-20(16,13-23)26-18)11-21-19(24)17-7-10-25-22-17/h5,7,10,15-16,18H,3-4,6,8-9,11-13H2,1-2H3,(H,21,24)/b14-5+/t15-,16+,18+,20+/m0/s1. The Morgan fingerprint density at radius 3 is 3.19 bits per heavy atom. The second kappa shape index (κ2) is 7.16. The number of ether oxygens (including phenoxy) is 1. The van der Waals surface area contributed by atoms with Gasteiger partial charge in [0.15, 0.2) is 5.69 Å². The van der Waals surface area contributed by atoms with E-state index in [0.29, 0.717) is 30.2 Å². The van der Waals surface area contributed by atoms with E-state index in [1.807, 2.05) is 0 Å². The first-order valence-corrected chi connectivity index (χ1v) is 9.85. The van der Waals surface area contributed by atoms with Crippen molar-refractivity contribution in [1.29, 1.82) is 0 Å². The first kappa shape index (κ1) is 17.7. The van der Waals surface area contributed by atoms with Crippen LogP contribution in [0, 0.1) is 11.8 Å². The zero-order valence-corrected chi connectivity index (χ0v) is 15.7. The molecule has 4 heterocycles. The molecular weight excluding hydrogens is 330 g/mol. The van der Waals surface area contributed by atoms with Gasteiger partial charge < -0.3 is 14.6 Å². The van der Waals surface area contributed by atoms with Crippen molar-refractivity contribution in [2.45, 2.75) is 51.2 Å². The Kier molecular flexibility index (Phi) is 4.88. The maximum Gasteiger partial charge on any atom is 0.273 e. The van der Waals surface area contributed by atoms with Crippen LogP contribution in [-0.2, 0) is 4.74 Å². The number of hydrogen-bond donors (Lipinski definition) is 1. The Balaban J connectivity index is 1.34. The van der Waals surface area contributed by atoms with Crippen LogP contribution >= 0.6 is 0 Å². The summed E-state index contributed by atoms with van der Waals surface area (Å²) in [6.45, 7) is 8.29. The molecule has 3 aliphatic heterocycles. The number of hydrogen-bond acceptors (Lipinski definition) is 5. The molecule has 0 aliphatic carbocycles. The van der Waals surface area contributed by atoms with E-state index in [1.165, 1.54) is 11.8 Å². The van der Waals surface area contributed by atoms with E-state index in [9.17, 15) is 4.79 Å². The molecule has 1 N–H and O–H groups in total. The topological polar surface area (TPSA) is 67.6 Å². The zero-order valence-electron chi connectivity index (χ0n) is 15.7. The minimum Gasteiger partial charge on any atom is -0.370 e. The van der Waals surface area contributed by atoms with Gasteiger partial charge in [-0.1, -0.05) is 23.7 Å². The van der Waals surface area contributed by atoms with Gasteiger partial charge in [-0.15, -0.1) is 0 Å². The van der Waals surface area contributed by atoms with Crippen molar-refractivity contribution < 1.29 is 14.1 Å². The lowest BCUT2D eigenvalue weighted by molar-refractivity contribution is 0.00290. The molecule has 6 nitrogen and oxygen atoms in total. The summed E-state index contributed by atoms with van der Waals surface area (Å²) in [5.41, 5.74) is 1.83. The molecule has 0 unspecified atom stereocenters. The van der Waals surface area contributed by atoms with Crippen molar-refractivity contribution in [3.8, 4) is 0 Å². The third-order valence-corrected chi connectivity index (χ3v) is 6.52. The van der Waals surface area contributed by atoms with Gasteiger partial charge in [0.1, 0.15) is 6.26 Å². The summed E-state index contributed by atoms with van der Waals surface area (Å²) in [7, 11) is 0. The van der Waals surface area contributed by atoms with Gasteiger partial charge in [0.05, 0.1) is 11.7 Å². The average Bonchev–Trinajstić information content (AvgIpc) is 3.39. The molecule has 4 atom stereocenters. The summed E-state index contributed by atoms with van der Waals surface area (Å²) >= 11 is 0. The number of likely N-dealkylation sites (tertiary alicyclic amines) is 1. The fourth-order valence-electron chi connectivity index (χ4n) is 5.00. The van der Waals surface area contributed by atoms with Crippen LogP contribution < -0.4 is 5.32 Å². The van der Waals surface area contributed by atoms with E-state index >= 15 is 0 Å². The number of carbonyl (C=O) groups is 1. The summed E-state index contributed by atoms with van der Waals surface area (Å²) in [6.07, 6.45) is 8.60. The van der Waals surface area contributed by atoms with E-state index in [4.69, 9.17) is 9.26 Å². The highest BCUT2D eigenvalue weighted by molar-refractivity contribution is 5.91. The number of aromatic nitrogens is 1. The number of allylic oxidation sites excluding steroid dienone is 1. The average molecular weight is 359 g/mol. The number of rotatable bonds is 7. The molecule has 1 amide bonds. The second-order valence-electron chi connectivity index (χ2n) is 8.05. The zero-order chi connectivity index (χ0) is 18.1. The van der Waals surface area contributed by atoms with Gasteiger partial charge in [-0.25, -0.2) is 0 Å². The summed E-state index contributed by atoms with van der Waals surface area (Å²) in [6, 6.07) is 1.59. The smallest absolute Gasteiger partial charge is 0.273 e. The number of amides is 1. The van der Waals surface area contributed by atoms with Crippen LogP contribution in [0.25, 0.3) is 0 Å². The molecule has 1 spiro atoms. The van der Waals surface area contributed by atoms with Crippen LogP contribution in [0.5, 0.6) is 0 Å². The summed E-state index contributed by atoms with van der Waals surface area (Å²) in [5.74, 6) is 0.762. The lowest BCUT2D eigenvalue weighted by Gasteiger charge is -2.29. The van der Waals surface area contributed by atoms with E-state index in [0.717, 1.165) is 45.3 Å². The first-order valence-electron chi connectivity index (χ1n) is 9.85. The lowest BCUT2D eigenvalue weighted by atomic mass is 9.73. The van der Waals surface area contributed by atoms with Gasteiger partial charge in [0.2, 0.25) is 0 Å². The van der Waals surface area contributed by atoms with E-state index in [-0.39, 0.29) is 11.5 Å². The predicted octanol–water partition coefficient (Wildman–Crippen LogP) is 2.63. The monoisotopic (exact) mass is 359 g/mol. The first-order chi connectivity index (χ1) is 12.6. The number of nitrogens with zero attached hydrogens (tertiary/aromatic N) is 2. The molecule has 4 rings (SSSR count). The molecule has 26 heavy (non-hydrogen) atoms. The predicted molar refractivity (Wildman–Crippen MR) is 97.8 cm³/mol. The van der Waals surface area contributed by atoms with Gasteiger partial charge in [0, 0.05) is 44.1 Å². The van der Waals surface area contributed by atoms with Gasteiger partial charge in [-0.2, -0.15) is 0 Å². The fraction of sp³-hybridized carbons (Fsp3) is 0.700. The Bertz CT molecular complexity index is 672. The quantitative estimate of drug-likeness (QED) is 0.758. The van der Waals surface area contributed by atoms with Crippen LogP contribution in [0.2, 0.25) is 0 Å². The largest absolute Gasteiger partial charge is 0.370 e. The SMILES string of the molecule is CC/C(C)=C/CCN1C[C@@H]2[C@H](CNC(=O)c3ccon3)[C@H]3CC[C@]2(C1)O3. The van der Waals surface area contributed by atoms with E-state index in [2.05, 4.69) is 35.3 Å². The summed E-state index contributed by atoms with van der Waals surface area (Å²) in [4.78, 5) is 14.7.